The zero-order valence-electron chi connectivity index (χ0n) is 11.9. The van der Waals surface area contributed by atoms with E-state index in [1.165, 1.54) is 16.9 Å². The highest BCUT2D eigenvalue weighted by Gasteiger charge is 2.25. The molecule has 20 heavy (non-hydrogen) atoms. The summed E-state index contributed by atoms with van der Waals surface area (Å²) in [4.78, 5) is 10.5. The van der Waals surface area contributed by atoms with Crippen molar-refractivity contribution in [3.05, 3.63) is 11.9 Å². The smallest absolute Gasteiger partial charge is 0.211 e. The van der Waals surface area contributed by atoms with Gasteiger partial charge in [-0.15, -0.1) is 0 Å². The van der Waals surface area contributed by atoms with Gasteiger partial charge < -0.3 is 10.6 Å². The van der Waals surface area contributed by atoms with Crippen LogP contribution < -0.4 is 10.6 Å². The number of nitrogens with two attached hydrogens (primary N) is 1. The Morgan fingerprint density at radius 2 is 1.90 bits per heavy atom. The molecule has 1 saturated heterocycles. The van der Waals surface area contributed by atoms with Gasteiger partial charge in [0.05, 0.1) is 6.26 Å². The van der Waals surface area contributed by atoms with Crippen LogP contribution in [0.4, 0.5) is 11.6 Å². The van der Waals surface area contributed by atoms with E-state index in [0.29, 0.717) is 32.0 Å². The fraction of sp³-hybridized carbons (Fsp3) is 0.667. The lowest BCUT2D eigenvalue weighted by atomic mass is 10.1. The molecule has 8 heteroatoms. The maximum absolute atomic E-state index is 11.5. The van der Waals surface area contributed by atoms with Crippen molar-refractivity contribution in [1.29, 1.82) is 0 Å². The summed E-state index contributed by atoms with van der Waals surface area (Å²) in [5.41, 5.74) is 6.89. The zero-order valence-corrected chi connectivity index (χ0v) is 12.7. The van der Waals surface area contributed by atoms with E-state index in [1.807, 2.05) is 0 Å². The lowest BCUT2D eigenvalue weighted by Crippen LogP contribution is -2.48. The lowest BCUT2D eigenvalue weighted by Gasteiger charge is -2.34. The number of nitrogens with zero attached hydrogens (tertiary/aromatic N) is 4. The number of anilines is 2. The minimum Gasteiger partial charge on any atom is -0.383 e. The molecule has 1 aromatic rings. The first-order valence-corrected chi connectivity index (χ1v) is 8.57. The van der Waals surface area contributed by atoms with Crippen molar-refractivity contribution >= 4 is 21.7 Å². The summed E-state index contributed by atoms with van der Waals surface area (Å²) in [7, 11) is -3.11. The van der Waals surface area contributed by atoms with Crippen LogP contribution in [0.2, 0.25) is 0 Å². The molecule has 0 radical (unpaired) electrons. The minimum absolute atomic E-state index is 0.480. The molecule has 0 atom stereocenters. The molecule has 0 aliphatic carbocycles. The topological polar surface area (TPSA) is 92.4 Å². The van der Waals surface area contributed by atoms with Gasteiger partial charge in [-0.05, 0) is 6.42 Å². The molecule has 7 nitrogen and oxygen atoms in total. The first kappa shape index (κ1) is 15.0. The standard InChI is InChI=1S/C12H21N5O2S/c1-3-4-10-11(13)14-9-15-12(10)16-5-7-17(8-6-16)20(2,18)19/h9H,3-8H2,1-2H3,(H2,13,14,15). The van der Waals surface area contributed by atoms with Crippen LogP contribution in [0.1, 0.15) is 18.9 Å². The lowest BCUT2D eigenvalue weighted by molar-refractivity contribution is 0.386. The molecule has 1 aliphatic rings. The molecule has 0 saturated carbocycles. The van der Waals surface area contributed by atoms with Crippen LogP contribution in [0.25, 0.3) is 0 Å². The highest BCUT2D eigenvalue weighted by molar-refractivity contribution is 7.88. The predicted octanol–water partition coefficient (Wildman–Crippen LogP) is 0.0929. The van der Waals surface area contributed by atoms with Crippen molar-refractivity contribution < 1.29 is 8.42 Å². The fourth-order valence-electron chi connectivity index (χ4n) is 2.41. The molecular weight excluding hydrogens is 278 g/mol. The summed E-state index contributed by atoms with van der Waals surface area (Å²) in [6.45, 7) is 4.29. The molecular formula is C12H21N5O2S. The van der Waals surface area contributed by atoms with E-state index < -0.39 is 10.0 Å². The largest absolute Gasteiger partial charge is 0.383 e. The van der Waals surface area contributed by atoms with Crippen LogP contribution in [0.3, 0.4) is 0 Å². The van der Waals surface area contributed by atoms with Crippen molar-refractivity contribution in [2.24, 2.45) is 0 Å². The number of sulfonamides is 1. The second kappa shape index (κ2) is 5.92. The summed E-state index contributed by atoms with van der Waals surface area (Å²) in [5, 5.41) is 0. The maximum atomic E-state index is 11.5. The van der Waals surface area contributed by atoms with Crippen molar-refractivity contribution in [1.82, 2.24) is 14.3 Å². The molecule has 0 amide bonds. The van der Waals surface area contributed by atoms with E-state index in [9.17, 15) is 8.42 Å². The van der Waals surface area contributed by atoms with Gasteiger partial charge in [-0.1, -0.05) is 13.3 Å². The van der Waals surface area contributed by atoms with E-state index in [4.69, 9.17) is 5.73 Å². The third-order valence-corrected chi connectivity index (χ3v) is 4.77. The van der Waals surface area contributed by atoms with Crippen LogP contribution in [-0.2, 0) is 16.4 Å². The summed E-state index contributed by atoms with van der Waals surface area (Å²) >= 11 is 0. The van der Waals surface area contributed by atoms with E-state index >= 15 is 0 Å². The Morgan fingerprint density at radius 3 is 2.45 bits per heavy atom. The Kier molecular flexibility index (Phi) is 4.44. The van der Waals surface area contributed by atoms with Crippen molar-refractivity contribution in [2.45, 2.75) is 19.8 Å². The molecule has 2 heterocycles. The third-order valence-electron chi connectivity index (χ3n) is 3.46. The molecule has 112 valence electrons. The predicted molar refractivity (Wildman–Crippen MR) is 79.1 cm³/mol. The van der Waals surface area contributed by atoms with Gasteiger partial charge in [0, 0.05) is 31.7 Å². The average Bonchev–Trinajstić information content (AvgIpc) is 2.40. The third kappa shape index (κ3) is 3.18. The fourth-order valence-corrected chi connectivity index (χ4v) is 3.24. The first-order valence-electron chi connectivity index (χ1n) is 6.73. The van der Waals surface area contributed by atoms with Gasteiger partial charge in [-0.2, -0.15) is 4.31 Å². The van der Waals surface area contributed by atoms with Gasteiger partial charge >= 0.3 is 0 Å². The molecule has 0 spiro atoms. The number of rotatable bonds is 4. The molecule has 1 aliphatic heterocycles. The number of aromatic nitrogens is 2. The Hall–Kier alpha value is -1.41. The van der Waals surface area contributed by atoms with Crippen molar-refractivity contribution in [2.75, 3.05) is 43.1 Å². The summed E-state index contributed by atoms with van der Waals surface area (Å²) in [6.07, 6.45) is 4.50. The van der Waals surface area contributed by atoms with Crippen LogP contribution in [0.5, 0.6) is 0 Å². The minimum atomic E-state index is -3.11. The summed E-state index contributed by atoms with van der Waals surface area (Å²) in [6, 6.07) is 0. The molecule has 2 rings (SSSR count). The van der Waals surface area contributed by atoms with E-state index in [2.05, 4.69) is 21.8 Å². The van der Waals surface area contributed by atoms with Gasteiger partial charge in [-0.3, -0.25) is 0 Å². The molecule has 2 N–H and O–H groups in total. The monoisotopic (exact) mass is 299 g/mol. The van der Waals surface area contributed by atoms with E-state index in [0.717, 1.165) is 24.2 Å². The molecule has 0 aromatic carbocycles. The normalized spacial score (nSPS) is 17.4. The molecule has 1 aromatic heterocycles. The summed E-state index contributed by atoms with van der Waals surface area (Å²) < 4.78 is 24.5. The van der Waals surface area contributed by atoms with Crippen molar-refractivity contribution in [3.8, 4) is 0 Å². The van der Waals surface area contributed by atoms with Gasteiger partial charge in [-0.25, -0.2) is 18.4 Å². The quantitative estimate of drug-likeness (QED) is 0.847. The Morgan fingerprint density at radius 1 is 1.25 bits per heavy atom. The maximum Gasteiger partial charge on any atom is 0.211 e. The van der Waals surface area contributed by atoms with Gasteiger partial charge in [0.25, 0.3) is 0 Å². The highest BCUT2D eigenvalue weighted by Crippen LogP contribution is 2.24. The average molecular weight is 299 g/mol. The SMILES string of the molecule is CCCc1c(N)ncnc1N1CCN(S(C)(=O)=O)CC1. The second-order valence-corrected chi connectivity index (χ2v) is 6.94. The zero-order chi connectivity index (χ0) is 14.8. The number of piperazine rings is 1. The second-order valence-electron chi connectivity index (χ2n) is 4.96. The Bertz CT molecular complexity index is 567. The highest BCUT2D eigenvalue weighted by atomic mass is 32.2. The van der Waals surface area contributed by atoms with Gasteiger partial charge in [0.1, 0.15) is 18.0 Å². The van der Waals surface area contributed by atoms with E-state index in [1.54, 1.807) is 0 Å². The number of hydrogen-bond donors (Lipinski definition) is 1. The number of hydrogen-bond acceptors (Lipinski definition) is 6. The van der Waals surface area contributed by atoms with Gasteiger partial charge in [0.2, 0.25) is 10.0 Å². The number of nitrogen functional groups attached to an aromatic ring is 1. The van der Waals surface area contributed by atoms with Crippen LogP contribution >= 0.6 is 0 Å². The molecule has 1 fully saturated rings. The molecule has 0 unspecified atom stereocenters. The Labute approximate surface area is 119 Å². The van der Waals surface area contributed by atoms with Crippen LogP contribution in [-0.4, -0.2) is 55.1 Å². The summed E-state index contributed by atoms with van der Waals surface area (Å²) in [5.74, 6) is 1.36. The van der Waals surface area contributed by atoms with Crippen LogP contribution in [0, 0.1) is 0 Å². The van der Waals surface area contributed by atoms with Gasteiger partial charge in [0.15, 0.2) is 0 Å². The van der Waals surface area contributed by atoms with Crippen molar-refractivity contribution in [3.63, 3.8) is 0 Å². The Balaban J connectivity index is 2.17. The first-order chi connectivity index (χ1) is 9.43. The van der Waals surface area contributed by atoms with E-state index in [-0.39, 0.29) is 0 Å². The molecule has 0 bridgehead atoms. The van der Waals surface area contributed by atoms with Crippen LogP contribution in [0.15, 0.2) is 6.33 Å².